The maximum Gasteiger partial charge on any atom is 0.397 e. The minimum atomic E-state index is -4.86. The molecule has 0 spiro atoms. The fourth-order valence-electron chi connectivity index (χ4n) is 3.85. The Morgan fingerprint density at radius 1 is 1.43 bits per heavy atom. The van der Waals surface area contributed by atoms with Crippen LogP contribution in [0.25, 0.3) is 0 Å². The molecule has 0 aromatic carbocycles. The van der Waals surface area contributed by atoms with Crippen molar-refractivity contribution in [3.8, 4) is 0 Å². The number of hydrogen-bond acceptors (Lipinski definition) is 8. The van der Waals surface area contributed by atoms with E-state index in [4.69, 9.17) is 4.55 Å². The molecule has 5 atom stereocenters. The molecule has 3 rings (SSSR count). The lowest BCUT2D eigenvalue weighted by molar-refractivity contribution is -0.762. The van der Waals surface area contributed by atoms with E-state index in [2.05, 4.69) is 9.02 Å². The lowest BCUT2D eigenvalue weighted by Crippen LogP contribution is -2.76. The van der Waals surface area contributed by atoms with Crippen molar-refractivity contribution in [1.82, 2.24) is 0 Å². The number of rotatable bonds is 5. The van der Waals surface area contributed by atoms with Gasteiger partial charge in [-0.2, -0.15) is 8.42 Å². The number of nitrogens with zero attached hydrogens (tertiary/aromatic N) is 1. The number of aliphatic hydroxyl groups is 2. The predicted molar refractivity (Wildman–Crippen MR) is 65.7 cm³/mol. The molecule has 3 saturated carbocycles. The van der Waals surface area contributed by atoms with Crippen LogP contribution in [0.3, 0.4) is 0 Å². The molecule has 0 aliphatic heterocycles. The van der Waals surface area contributed by atoms with Gasteiger partial charge in [-0.15, -0.1) is 10.1 Å². The Hall–Kier alpha value is -1.01. The zero-order valence-electron chi connectivity index (χ0n) is 11.4. The van der Waals surface area contributed by atoms with Crippen LogP contribution in [0.5, 0.6) is 0 Å². The van der Waals surface area contributed by atoms with Gasteiger partial charge in [-0.25, -0.2) is 4.18 Å². The average molecular weight is 327 g/mol. The summed E-state index contributed by atoms with van der Waals surface area (Å²) in [7, 11) is -4.86. The molecule has 0 saturated heterocycles. The van der Waals surface area contributed by atoms with Crippen LogP contribution in [0, 0.1) is 27.4 Å². The fourth-order valence-corrected chi connectivity index (χ4v) is 4.39. The molecule has 0 radical (unpaired) electrons. The SMILES string of the molecule is CC1(C)C2CC(OS(=O)(=O)O)C(O)(CO[N+](=O)[O-])C1C2O. The second-order valence-corrected chi connectivity index (χ2v) is 7.18. The summed E-state index contributed by atoms with van der Waals surface area (Å²) >= 11 is 0. The summed E-state index contributed by atoms with van der Waals surface area (Å²) in [6.45, 7) is 2.63. The number of aliphatic hydroxyl groups excluding tert-OH is 1. The van der Waals surface area contributed by atoms with Crippen LogP contribution in [-0.4, -0.2) is 52.7 Å². The zero-order chi connectivity index (χ0) is 16.2. The molecule has 3 fully saturated rings. The third-order valence-corrected chi connectivity index (χ3v) is 5.19. The van der Waals surface area contributed by atoms with Gasteiger partial charge in [0.2, 0.25) is 0 Å². The van der Waals surface area contributed by atoms with Gasteiger partial charge >= 0.3 is 10.4 Å². The van der Waals surface area contributed by atoms with E-state index in [-0.39, 0.29) is 12.3 Å². The lowest BCUT2D eigenvalue weighted by Gasteiger charge is -2.67. The summed E-state index contributed by atoms with van der Waals surface area (Å²) < 4.78 is 35.0. The Morgan fingerprint density at radius 2 is 2.00 bits per heavy atom. The summed E-state index contributed by atoms with van der Waals surface area (Å²) in [5, 5.41) is 29.9. The molecule has 122 valence electrons. The van der Waals surface area contributed by atoms with Crippen LogP contribution < -0.4 is 0 Å². The summed E-state index contributed by atoms with van der Waals surface area (Å²) in [4.78, 5) is 14.5. The first kappa shape index (κ1) is 16.4. The second kappa shape index (κ2) is 4.74. The van der Waals surface area contributed by atoms with Gasteiger partial charge in [0.05, 0.1) is 6.10 Å². The van der Waals surface area contributed by atoms with E-state index in [1.807, 2.05) is 0 Å². The Balaban J connectivity index is 2.32. The van der Waals surface area contributed by atoms with Crippen molar-refractivity contribution in [3.05, 3.63) is 10.1 Å². The Bertz CT molecular complexity index is 547. The molecule has 11 heteroatoms. The van der Waals surface area contributed by atoms with Crippen molar-refractivity contribution < 1.29 is 37.3 Å². The Labute approximate surface area is 120 Å². The van der Waals surface area contributed by atoms with Crippen molar-refractivity contribution in [2.75, 3.05) is 6.61 Å². The van der Waals surface area contributed by atoms with Gasteiger partial charge in [-0.3, -0.25) is 4.55 Å². The maximum atomic E-state index is 10.9. The molecule has 3 aliphatic carbocycles. The molecule has 3 aliphatic rings. The third-order valence-electron chi connectivity index (χ3n) is 4.71. The summed E-state index contributed by atoms with van der Waals surface area (Å²) in [5.74, 6) is -1.24. The summed E-state index contributed by atoms with van der Waals surface area (Å²) in [6.07, 6.45) is -2.47. The number of fused-ring (bicyclic) bond motifs is 2. The predicted octanol–water partition coefficient (Wildman–Crippen LogP) is -0.849. The third kappa shape index (κ3) is 2.59. The topological polar surface area (TPSA) is 156 Å². The van der Waals surface area contributed by atoms with Crippen LogP contribution in [-0.2, 0) is 19.4 Å². The molecule has 0 amide bonds. The summed E-state index contributed by atoms with van der Waals surface area (Å²) in [6, 6.07) is 0. The van der Waals surface area contributed by atoms with Gasteiger partial charge in [0, 0.05) is 5.92 Å². The van der Waals surface area contributed by atoms with Crippen molar-refractivity contribution in [1.29, 1.82) is 0 Å². The van der Waals surface area contributed by atoms with Crippen LogP contribution in [0.2, 0.25) is 0 Å². The first-order chi connectivity index (χ1) is 9.39. The van der Waals surface area contributed by atoms with E-state index >= 15 is 0 Å². The van der Waals surface area contributed by atoms with Crippen LogP contribution in [0.4, 0.5) is 0 Å². The standard InChI is InChI=1S/C10H17NO9S/c1-9(2)5-3-6(20-21(16,17)18)10(13,4-19-11(14)15)8(9)7(5)12/h5-8,12-13H,3-4H2,1-2H3,(H,16,17,18). The monoisotopic (exact) mass is 327 g/mol. The van der Waals surface area contributed by atoms with Crippen molar-refractivity contribution >= 4 is 10.4 Å². The summed E-state index contributed by atoms with van der Waals surface area (Å²) in [5.41, 5.74) is -2.69. The Kier molecular flexibility index (Phi) is 3.70. The van der Waals surface area contributed by atoms with Crippen molar-refractivity contribution in [3.63, 3.8) is 0 Å². The zero-order valence-corrected chi connectivity index (χ0v) is 12.2. The maximum absolute atomic E-state index is 10.9. The molecular formula is C10H17NO9S. The molecule has 0 aromatic rings. The van der Waals surface area contributed by atoms with E-state index in [0.29, 0.717) is 0 Å². The minimum Gasteiger partial charge on any atom is -0.392 e. The molecule has 0 aromatic heterocycles. The van der Waals surface area contributed by atoms with E-state index in [0.717, 1.165) is 0 Å². The molecular weight excluding hydrogens is 310 g/mol. The van der Waals surface area contributed by atoms with E-state index < -0.39 is 51.2 Å². The van der Waals surface area contributed by atoms with Gasteiger partial charge < -0.3 is 15.1 Å². The molecule has 0 heterocycles. The first-order valence-corrected chi connectivity index (χ1v) is 7.59. The van der Waals surface area contributed by atoms with Gasteiger partial charge in [0.1, 0.15) is 18.3 Å². The van der Waals surface area contributed by atoms with E-state index in [1.54, 1.807) is 13.8 Å². The first-order valence-electron chi connectivity index (χ1n) is 6.23. The molecule has 21 heavy (non-hydrogen) atoms. The van der Waals surface area contributed by atoms with Crippen LogP contribution in [0.1, 0.15) is 20.3 Å². The second-order valence-electron chi connectivity index (χ2n) is 6.13. The van der Waals surface area contributed by atoms with Gasteiger partial charge in [0.25, 0.3) is 5.09 Å². The Morgan fingerprint density at radius 3 is 2.43 bits per heavy atom. The normalized spacial score (nSPS) is 41.2. The largest absolute Gasteiger partial charge is 0.397 e. The van der Waals surface area contributed by atoms with Crippen LogP contribution in [0.15, 0.2) is 0 Å². The molecule has 10 nitrogen and oxygen atoms in total. The highest BCUT2D eigenvalue weighted by Gasteiger charge is 2.71. The van der Waals surface area contributed by atoms with Crippen LogP contribution >= 0.6 is 0 Å². The van der Waals surface area contributed by atoms with Gasteiger partial charge in [0.15, 0.2) is 0 Å². The molecule has 5 unspecified atom stereocenters. The highest BCUT2D eigenvalue weighted by atomic mass is 32.3. The smallest absolute Gasteiger partial charge is 0.392 e. The number of hydrogen-bond donors (Lipinski definition) is 3. The van der Waals surface area contributed by atoms with Crippen molar-refractivity contribution in [2.45, 2.75) is 38.1 Å². The minimum absolute atomic E-state index is 0.0813. The highest BCUT2D eigenvalue weighted by Crippen LogP contribution is 2.63. The molecule has 2 bridgehead atoms. The average Bonchev–Trinajstić information content (AvgIpc) is 2.28. The quantitative estimate of drug-likeness (QED) is 0.332. The lowest BCUT2D eigenvalue weighted by atomic mass is 9.41. The molecule has 3 N–H and O–H groups in total. The van der Waals surface area contributed by atoms with E-state index in [9.17, 15) is 28.7 Å². The van der Waals surface area contributed by atoms with Gasteiger partial charge in [-0.1, -0.05) is 13.8 Å². The highest BCUT2D eigenvalue weighted by molar-refractivity contribution is 7.80. The van der Waals surface area contributed by atoms with Crippen molar-refractivity contribution in [2.24, 2.45) is 17.3 Å². The van der Waals surface area contributed by atoms with E-state index in [1.165, 1.54) is 0 Å². The van der Waals surface area contributed by atoms with Gasteiger partial charge in [-0.05, 0) is 17.8 Å². The fraction of sp³-hybridized carbons (Fsp3) is 1.00.